The Hall–Kier alpha value is -2.27. The van der Waals surface area contributed by atoms with Crippen LogP contribution >= 0.6 is 35.0 Å². The van der Waals surface area contributed by atoms with Crippen molar-refractivity contribution in [3.8, 4) is 11.8 Å². The molecule has 2 aromatic carbocycles. The number of hydrogen-bond donors (Lipinski definition) is 1. The molecule has 0 aliphatic rings. The van der Waals surface area contributed by atoms with E-state index in [0.29, 0.717) is 10.6 Å². The minimum atomic E-state index is -1.14. The molecular formula is C17H12Cl2N2O4S. The third kappa shape index (κ3) is 4.47. The van der Waals surface area contributed by atoms with E-state index in [4.69, 9.17) is 23.2 Å². The van der Waals surface area contributed by atoms with Gasteiger partial charge in [0.05, 0.1) is 21.1 Å². The molecule has 6 nitrogen and oxygen atoms in total. The summed E-state index contributed by atoms with van der Waals surface area (Å²) in [5.41, 5.74) is 0.0897. The maximum Gasteiger partial charge on any atom is 0.283 e. The highest BCUT2D eigenvalue weighted by Gasteiger charge is 2.29. The van der Waals surface area contributed by atoms with Crippen LogP contribution in [0.5, 0.6) is 5.75 Å². The van der Waals surface area contributed by atoms with Crippen LogP contribution in [0, 0.1) is 21.4 Å². The van der Waals surface area contributed by atoms with E-state index in [1.807, 2.05) is 6.07 Å². The van der Waals surface area contributed by atoms with E-state index in [1.54, 1.807) is 0 Å². The van der Waals surface area contributed by atoms with Crippen molar-refractivity contribution in [1.29, 1.82) is 5.26 Å². The van der Waals surface area contributed by atoms with Crippen molar-refractivity contribution in [2.45, 2.75) is 23.0 Å². The van der Waals surface area contributed by atoms with Gasteiger partial charge in [-0.2, -0.15) is 5.26 Å². The number of halogens is 2. The van der Waals surface area contributed by atoms with Crippen molar-refractivity contribution in [1.82, 2.24) is 0 Å². The maximum absolute atomic E-state index is 12.7. The van der Waals surface area contributed by atoms with Crippen molar-refractivity contribution in [3.05, 3.63) is 62.1 Å². The Labute approximate surface area is 163 Å². The maximum atomic E-state index is 12.7. The van der Waals surface area contributed by atoms with Gasteiger partial charge >= 0.3 is 0 Å². The Morgan fingerprint density at radius 1 is 1.31 bits per heavy atom. The Morgan fingerprint density at radius 3 is 2.58 bits per heavy atom. The van der Waals surface area contributed by atoms with Crippen LogP contribution in [0.15, 0.2) is 41.3 Å². The molecule has 1 N–H and O–H groups in total. The molecule has 2 aromatic rings. The molecule has 134 valence electrons. The van der Waals surface area contributed by atoms with Gasteiger partial charge in [0.25, 0.3) is 5.69 Å². The van der Waals surface area contributed by atoms with E-state index >= 15 is 0 Å². The summed E-state index contributed by atoms with van der Waals surface area (Å²) in [6.07, 6.45) is 0. The fourth-order valence-corrected chi connectivity index (χ4v) is 3.86. The average Bonchev–Trinajstić information content (AvgIpc) is 2.56. The molecule has 2 atom stereocenters. The molecule has 2 rings (SSSR count). The normalized spacial score (nSPS) is 12.8. The second-order valence-corrected chi connectivity index (χ2v) is 7.53. The fraction of sp³-hybridized carbons (Fsp3) is 0.176. The van der Waals surface area contributed by atoms with Gasteiger partial charge in [-0.1, -0.05) is 29.3 Å². The number of thioether (sulfide) groups is 1. The molecule has 9 heteroatoms. The predicted molar refractivity (Wildman–Crippen MR) is 99.9 cm³/mol. The first-order chi connectivity index (χ1) is 12.2. The Kier molecular flexibility index (Phi) is 6.48. The molecule has 26 heavy (non-hydrogen) atoms. The number of nitro groups is 1. The number of carbonyl (C=O) groups excluding carboxylic acids is 1. The molecule has 0 saturated heterocycles. The summed E-state index contributed by atoms with van der Waals surface area (Å²) in [4.78, 5) is 23.4. The third-order valence-corrected chi connectivity index (χ3v) is 5.26. The largest absolute Gasteiger partial charge is 0.508 e. The summed E-state index contributed by atoms with van der Waals surface area (Å²) < 4.78 is 0. The lowest BCUT2D eigenvalue weighted by Gasteiger charge is -2.16. The topological polar surface area (TPSA) is 104 Å². The van der Waals surface area contributed by atoms with Crippen molar-refractivity contribution < 1.29 is 14.8 Å². The highest BCUT2D eigenvalue weighted by molar-refractivity contribution is 8.00. The lowest BCUT2D eigenvalue weighted by molar-refractivity contribution is -0.387. The zero-order valence-corrected chi connectivity index (χ0v) is 15.7. The summed E-state index contributed by atoms with van der Waals surface area (Å²) in [6.45, 7) is 1.54. The Morgan fingerprint density at radius 2 is 2.00 bits per heavy atom. The molecule has 0 heterocycles. The number of nitro benzene ring substituents is 1. The van der Waals surface area contributed by atoms with Gasteiger partial charge in [-0.3, -0.25) is 14.9 Å². The van der Waals surface area contributed by atoms with E-state index < -0.39 is 21.9 Å². The molecule has 0 radical (unpaired) electrons. The van der Waals surface area contributed by atoms with Crippen LogP contribution in [-0.4, -0.2) is 21.1 Å². The lowest BCUT2D eigenvalue weighted by atomic mass is 9.94. The van der Waals surface area contributed by atoms with E-state index in [2.05, 4.69) is 0 Å². The number of ketones is 1. The zero-order valence-electron chi connectivity index (χ0n) is 13.3. The molecule has 0 spiro atoms. The second-order valence-electron chi connectivity index (χ2n) is 5.30. The molecule has 0 aliphatic heterocycles. The van der Waals surface area contributed by atoms with Crippen LogP contribution in [0.1, 0.15) is 18.4 Å². The number of phenolic OH excluding ortho intramolecular Hbond substituents is 1. The SMILES string of the molecule is CC(Sc1cc(O)ccc1[N+](=O)[O-])C(=O)C(C#N)c1ccc(Cl)cc1Cl. The van der Waals surface area contributed by atoms with Gasteiger partial charge in [-0.25, -0.2) is 0 Å². The summed E-state index contributed by atoms with van der Waals surface area (Å²) >= 11 is 12.8. The van der Waals surface area contributed by atoms with Gasteiger partial charge in [0.15, 0.2) is 5.78 Å². The number of aromatic hydroxyl groups is 1. The molecular weight excluding hydrogens is 399 g/mol. The predicted octanol–water partition coefficient (Wildman–Crippen LogP) is 4.96. The van der Waals surface area contributed by atoms with Crippen LogP contribution in [0.4, 0.5) is 5.69 Å². The van der Waals surface area contributed by atoms with Crippen LogP contribution in [0.3, 0.4) is 0 Å². The number of Topliss-reactive ketones (excluding diaryl/α,β-unsaturated/α-hetero) is 1. The van der Waals surface area contributed by atoms with Crippen molar-refractivity contribution in [2.24, 2.45) is 0 Å². The van der Waals surface area contributed by atoms with E-state index in [0.717, 1.165) is 17.8 Å². The van der Waals surface area contributed by atoms with E-state index in [1.165, 1.54) is 37.3 Å². The van der Waals surface area contributed by atoms with Crippen LogP contribution < -0.4 is 0 Å². The Bertz CT molecular complexity index is 914. The summed E-state index contributed by atoms with van der Waals surface area (Å²) in [7, 11) is 0. The number of rotatable bonds is 6. The molecule has 0 saturated carbocycles. The molecule has 2 unspecified atom stereocenters. The number of benzene rings is 2. The highest BCUT2D eigenvalue weighted by Crippen LogP contribution is 2.37. The number of nitrogens with zero attached hydrogens (tertiary/aromatic N) is 2. The third-order valence-electron chi connectivity index (χ3n) is 3.53. The van der Waals surface area contributed by atoms with Crippen LogP contribution in [0.25, 0.3) is 0 Å². The number of nitriles is 1. The smallest absolute Gasteiger partial charge is 0.283 e. The summed E-state index contributed by atoms with van der Waals surface area (Å²) in [6, 6.07) is 9.95. The fourth-order valence-electron chi connectivity index (χ4n) is 2.25. The van der Waals surface area contributed by atoms with Crippen molar-refractivity contribution in [2.75, 3.05) is 0 Å². The van der Waals surface area contributed by atoms with Gasteiger partial charge in [0.2, 0.25) is 0 Å². The minimum Gasteiger partial charge on any atom is -0.508 e. The summed E-state index contributed by atoms with van der Waals surface area (Å²) in [5, 5.41) is 29.9. The van der Waals surface area contributed by atoms with Gasteiger partial charge in [-0.05, 0) is 30.7 Å². The Balaban J connectivity index is 2.30. The number of hydrogen-bond acceptors (Lipinski definition) is 6. The lowest BCUT2D eigenvalue weighted by Crippen LogP contribution is -2.21. The first-order valence-corrected chi connectivity index (χ1v) is 8.90. The quantitative estimate of drug-likeness (QED) is 0.409. The summed E-state index contributed by atoms with van der Waals surface area (Å²) in [5.74, 6) is -1.76. The van der Waals surface area contributed by atoms with Gasteiger partial charge in [-0.15, -0.1) is 11.8 Å². The number of phenols is 1. The highest BCUT2D eigenvalue weighted by atomic mass is 35.5. The second kappa shape index (κ2) is 8.41. The van der Waals surface area contributed by atoms with E-state index in [-0.39, 0.29) is 21.4 Å². The molecule has 0 bridgehead atoms. The number of carbonyl (C=O) groups is 1. The monoisotopic (exact) mass is 410 g/mol. The zero-order chi connectivity index (χ0) is 19.4. The van der Waals surface area contributed by atoms with Gasteiger partial charge < -0.3 is 5.11 Å². The minimum absolute atomic E-state index is 0.134. The average molecular weight is 411 g/mol. The standard InChI is InChI=1S/C17H12Cl2N2O4S/c1-9(26-16-7-11(22)3-5-15(16)21(24)25)17(23)13(8-20)12-4-2-10(18)6-14(12)19/h2-7,9,13,22H,1H3. The van der Waals surface area contributed by atoms with Crippen molar-refractivity contribution in [3.63, 3.8) is 0 Å². The van der Waals surface area contributed by atoms with E-state index in [9.17, 15) is 25.3 Å². The first kappa shape index (κ1) is 20.0. The molecule has 0 aromatic heterocycles. The molecule has 0 amide bonds. The van der Waals surface area contributed by atoms with Gasteiger partial charge in [0, 0.05) is 22.2 Å². The van der Waals surface area contributed by atoms with Gasteiger partial charge in [0.1, 0.15) is 11.7 Å². The van der Waals surface area contributed by atoms with Crippen molar-refractivity contribution >= 4 is 46.4 Å². The first-order valence-electron chi connectivity index (χ1n) is 7.27. The molecule has 0 fully saturated rings. The van der Waals surface area contributed by atoms with Crippen LogP contribution in [-0.2, 0) is 4.79 Å². The van der Waals surface area contributed by atoms with Crippen LogP contribution in [0.2, 0.25) is 10.0 Å². The molecule has 0 aliphatic carbocycles.